The molecule has 1 atom stereocenters. The highest BCUT2D eigenvalue weighted by atomic mass is 15.1. The van der Waals surface area contributed by atoms with E-state index >= 15 is 0 Å². The maximum Gasteiger partial charge on any atom is 0.126 e. The molecule has 0 saturated carbocycles. The molecule has 17 heavy (non-hydrogen) atoms. The van der Waals surface area contributed by atoms with Gasteiger partial charge in [0.1, 0.15) is 5.82 Å². The fraction of sp³-hybridized carbons (Fsp3) is 0.462. The van der Waals surface area contributed by atoms with Gasteiger partial charge in [-0.3, -0.25) is 0 Å². The molecule has 0 aliphatic heterocycles. The Balaban J connectivity index is 2.44. The molecule has 1 aromatic carbocycles. The minimum Gasteiger partial charge on any atom is -0.325 e. The maximum absolute atomic E-state index is 5.99. The van der Waals surface area contributed by atoms with Crippen molar-refractivity contribution in [2.45, 2.75) is 19.5 Å². The molecule has 92 valence electrons. The maximum atomic E-state index is 5.99. The first kappa shape index (κ1) is 12.1. The smallest absolute Gasteiger partial charge is 0.126 e. The van der Waals surface area contributed by atoms with E-state index in [-0.39, 0.29) is 6.04 Å². The SMILES string of the molecule is CC(N)c1nc2ccccc2n1CCN(C)C. The average Bonchev–Trinajstić information content (AvgIpc) is 2.65. The van der Waals surface area contributed by atoms with Crippen LogP contribution in [-0.4, -0.2) is 35.1 Å². The molecule has 0 radical (unpaired) electrons. The van der Waals surface area contributed by atoms with Gasteiger partial charge in [0.25, 0.3) is 0 Å². The third-order valence-corrected chi connectivity index (χ3v) is 2.86. The monoisotopic (exact) mass is 232 g/mol. The van der Waals surface area contributed by atoms with E-state index in [1.807, 2.05) is 25.1 Å². The molecule has 0 aliphatic rings. The van der Waals surface area contributed by atoms with Crippen molar-refractivity contribution >= 4 is 11.0 Å². The lowest BCUT2D eigenvalue weighted by Crippen LogP contribution is -2.21. The number of nitrogens with two attached hydrogens (primary N) is 1. The van der Waals surface area contributed by atoms with Crippen LogP contribution in [0.5, 0.6) is 0 Å². The molecule has 0 aliphatic carbocycles. The summed E-state index contributed by atoms with van der Waals surface area (Å²) in [6.45, 7) is 3.89. The molecule has 1 unspecified atom stereocenters. The van der Waals surface area contributed by atoms with Crippen LogP contribution in [0.4, 0.5) is 0 Å². The highest BCUT2D eigenvalue weighted by Gasteiger charge is 2.13. The number of nitrogens with zero attached hydrogens (tertiary/aromatic N) is 3. The van der Waals surface area contributed by atoms with Crippen molar-refractivity contribution < 1.29 is 0 Å². The molecule has 2 aromatic rings. The molecular weight excluding hydrogens is 212 g/mol. The third-order valence-electron chi connectivity index (χ3n) is 2.86. The fourth-order valence-electron chi connectivity index (χ4n) is 1.98. The Morgan fingerprint density at radius 3 is 2.71 bits per heavy atom. The molecule has 4 heteroatoms. The minimum atomic E-state index is -0.0374. The summed E-state index contributed by atoms with van der Waals surface area (Å²) in [5.74, 6) is 0.966. The molecule has 0 bridgehead atoms. The Morgan fingerprint density at radius 1 is 1.35 bits per heavy atom. The molecule has 0 amide bonds. The summed E-state index contributed by atoms with van der Waals surface area (Å²) in [6, 6.07) is 8.15. The zero-order valence-corrected chi connectivity index (χ0v) is 10.7. The molecule has 2 rings (SSSR count). The van der Waals surface area contributed by atoms with Gasteiger partial charge in [-0.05, 0) is 33.2 Å². The fourth-order valence-corrected chi connectivity index (χ4v) is 1.98. The van der Waals surface area contributed by atoms with Crippen molar-refractivity contribution in [1.82, 2.24) is 14.5 Å². The summed E-state index contributed by atoms with van der Waals surface area (Å²) in [7, 11) is 4.15. The van der Waals surface area contributed by atoms with Crippen LogP contribution in [0.25, 0.3) is 11.0 Å². The average molecular weight is 232 g/mol. The van der Waals surface area contributed by atoms with E-state index in [9.17, 15) is 0 Å². The van der Waals surface area contributed by atoms with E-state index in [2.05, 4.69) is 34.6 Å². The van der Waals surface area contributed by atoms with Gasteiger partial charge in [-0.2, -0.15) is 0 Å². The Morgan fingerprint density at radius 2 is 2.06 bits per heavy atom. The van der Waals surface area contributed by atoms with Crippen LogP contribution in [0, 0.1) is 0 Å². The van der Waals surface area contributed by atoms with Crippen LogP contribution < -0.4 is 5.73 Å². The number of likely N-dealkylation sites (N-methyl/N-ethyl adjacent to an activating group) is 1. The summed E-state index contributed by atoms with van der Waals surface area (Å²) in [5.41, 5.74) is 8.18. The van der Waals surface area contributed by atoms with Crippen LogP contribution in [-0.2, 0) is 6.54 Å². The van der Waals surface area contributed by atoms with Crippen molar-refractivity contribution in [3.05, 3.63) is 30.1 Å². The second-order valence-electron chi connectivity index (χ2n) is 4.70. The first-order valence-corrected chi connectivity index (χ1v) is 5.95. The van der Waals surface area contributed by atoms with Crippen molar-refractivity contribution in [3.8, 4) is 0 Å². The summed E-state index contributed by atoms with van der Waals surface area (Å²) >= 11 is 0. The van der Waals surface area contributed by atoms with Crippen LogP contribution in [0.1, 0.15) is 18.8 Å². The summed E-state index contributed by atoms with van der Waals surface area (Å²) in [5, 5.41) is 0. The topological polar surface area (TPSA) is 47.1 Å². The van der Waals surface area contributed by atoms with E-state index < -0.39 is 0 Å². The molecule has 0 saturated heterocycles. The second-order valence-corrected chi connectivity index (χ2v) is 4.70. The van der Waals surface area contributed by atoms with Crippen molar-refractivity contribution in [2.24, 2.45) is 5.73 Å². The molecule has 0 fully saturated rings. The predicted molar refractivity (Wildman–Crippen MR) is 70.9 cm³/mol. The minimum absolute atomic E-state index is 0.0374. The normalized spacial score (nSPS) is 13.5. The Bertz CT molecular complexity index is 499. The number of fused-ring (bicyclic) bond motifs is 1. The first-order valence-electron chi connectivity index (χ1n) is 5.95. The van der Waals surface area contributed by atoms with E-state index in [0.29, 0.717) is 0 Å². The summed E-state index contributed by atoms with van der Waals surface area (Å²) in [4.78, 5) is 6.78. The van der Waals surface area contributed by atoms with Gasteiger partial charge in [0, 0.05) is 13.1 Å². The molecule has 1 heterocycles. The van der Waals surface area contributed by atoms with E-state index in [1.165, 1.54) is 5.52 Å². The highest BCUT2D eigenvalue weighted by molar-refractivity contribution is 5.76. The van der Waals surface area contributed by atoms with Crippen LogP contribution in [0.3, 0.4) is 0 Å². The lowest BCUT2D eigenvalue weighted by atomic mass is 10.3. The van der Waals surface area contributed by atoms with Gasteiger partial charge >= 0.3 is 0 Å². The predicted octanol–water partition coefficient (Wildman–Crippen LogP) is 1.62. The number of benzene rings is 1. The third kappa shape index (κ3) is 2.48. The largest absolute Gasteiger partial charge is 0.325 e. The lowest BCUT2D eigenvalue weighted by molar-refractivity contribution is 0.381. The highest BCUT2D eigenvalue weighted by Crippen LogP contribution is 2.19. The lowest BCUT2D eigenvalue weighted by Gasteiger charge is -2.14. The van der Waals surface area contributed by atoms with E-state index in [0.717, 1.165) is 24.4 Å². The van der Waals surface area contributed by atoms with Gasteiger partial charge < -0.3 is 15.2 Å². The molecule has 4 nitrogen and oxygen atoms in total. The Labute approximate surface area is 102 Å². The zero-order chi connectivity index (χ0) is 12.4. The van der Waals surface area contributed by atoms with Gasteiger partial charge in [0.15, 0.2) is 0 Å². The number of hydrogen-bond acceptors (Lipinski definition) is 3. The van der Waals surface area contributed by atoms with Gasteiger partial charge in [-0.15, -0.1) is 0 Å². The number of rotatable bonds is 4. The molecule has 0 spiro atoms. The number of imidazole rings is 1. The molecular formula is C13H20N4. The van der Waals surface area contributed by atoms with E-state index in [1.54, 1.807) is 0 Å². The summed E-state index contributed by atoms with van der Waals surface area (Å²) in [6.07, 6.45) is 0. The quantitative estimate of drug-likeness (QED) is 0.871. The van der Waals surface area contributed by atoms with Crippen molar-refractivity contribution in [1.29, 1.82) is 0 Å². The van der Waals surface area contributed by atoms with Gasteiger partial charge in [0.2, 0.25) is 0 Å². The first-order chi connectivity index (χ1) is 8.09. The van der Waals surface area contributed by atoms with Crippen LogP contribution in [0.2, 0.25) is 0 Å². The molecule has 1 aromatic heterocycles. The van der Waals surface area contributed by atoms with Crippen molar-refractivity contribution in [3.63, 3.8) is 0 Å². The number of hydrogen-bond donors (Lipinski definition) is 1. The van der Waals surface area contributed by atoms with Crippen LogP contribution in [0.15, 0.2) is 24.3 Å². The van der Waals surface area contributed by atoms with Crippen LogP contribution >= 0.6 is 0 Å². The Kier molecular flexibility index (Phi) is 3.45. The second kappa shape index (κ2) is 4.85. The van der Waals surface area contributed by atoms with Gasteiger partial charge in [-0.25, -0.2) is 4.98 Å². The van der Waals surface area contributed by atoms with Gasteiger partial charge in [0.05, 0.1) is 17.1 Å². The number of aromatic nitrogens is 2. The molecule has 2 N–H and O–H groups in total. The van der Waals surface area contributed by atoms with E-state index in [4.69, 9.17) is 5.73 Å². The van der Waals surface area contributed by atoms with Gasteiger partial charge in [-0.1, -0.05) is 12.1 Å². The van der Waals surface area contributed by atoms with Crippen molar-refractivity contribution in [2.75, 3.05) is 20.6 Å². The zero-order valence-electron chi connectivity index (χ0n) is 10.7. The number of para-hydroxylation sites is 2. The summed E-state index contributed by atoms with van der Waals surface area (Å²) < 4.78 is 2.22. The Hall–Kier alpha value is -1.39. The standard InChI is InChI=1S/C13H20N4/c1-10(14)13-15-11-6-4-5-7-12(11)17(13)9-8-16(2)3/h4-7,10H,8-9,14H2,1-3H3.